The van der Waals surface area contributed by atoms with Gasteiger partial charge in [0, 0.05) is 0 Å². The molecule has 4 heteroatoms. The molecule has 0 saturated carbocycles. The van der Waals surface area contributed by atoms with Crippen molar-refractivity contribution in [3.8, 4) is 11.5 Å². The molecule has 0 spiro atoms. The van der Waals surface area contributed by atoms with Gasteiger partial charge in [0.1, 0.15) is 11.5 Å². The molecule has 2 aromatic rings. The number of aromatic hydroxyl groups is 1. The summed E-state index contributed by atoms with van der Waals surface area (Å²) in [5.41, 5.74) is 0.789. The Bertz CT molecular complexity index is 566. The number of carbonyl (C=O) groups is 1. The summed E-state index contributed by atoms with van der Waals surface area (Å²) in [5.74, 6) is 0.142. The SMILES string of the molecule is COc1ccccc1NC(=O)c1ccccc1O. The van der Waals surface area contributed by atoms with Gasteiger partial charge in [-0.05, 0) is 24.3 Å². The Kier molecular flexibility index (Phi) is 3.48. The fourth-order valence-corrected chi connectivity index (χ4v) is 1.60. The third-order valence-corrected chi connectivity index (χ3v) is 2.50. The highest BCUT2D eigenvalue weighted by atomic mass is 16.5. The van der Waals surface area contributed by atoms with Crippen molar-refractivity contribution in [3.63, 3.8) is 0 Å². The summed E-state index contributed by atoms with van der Waals surface area (Å²) in [6, 6.07) is 13.5. The normalized spacial score (nSPS) is 9.83. The maximum Gasteiger partial charge on any atom is 0.259 e. The van der Waals surface area contributed by atoms with Gasteiger partial charge in [-0.3, -0.25) is 4.79 Å². The topological polar surface area (TPSA) is 58.6 Å². The summed E-state index contributed by atoms with van der Waals surface area (Å²) < 4.78 is 5.14. The van der Waals surface area contributed by atoms with E-state index in [1.165, 1.54) is 13.2 Å². The van der Waals surface area contributed by atoms with E-state index in [0.717, 1.165) is 0 Å². The van der Waals surface area contributed by atoms with Crippen molar-refractivity contribution < 1.29 is 14.6 Å². The summed E-state index contributed by atoms with van der Waals surface area (Å²) in [7, 11) is 1.53. The zero-order valence-corrected chi connectivity index (χ0v) is 9.88. The number of anilines is 1. The van der Waals surface area contributed by atoms with Crippen LogP contribution in [0.4, 0.5) is 5.69 Å². The summed E-state index contributed by atoms with van der Waals surface area (Å²) in [5, 5.41) is 12.3. The number of phenols is 1. The van der Waals surface area contributed by atoms with Gasteiger partial charge in [0.2, 0.25) is 0 Å². The van der Waals surface area contributed by atoms with Gasteiger partial charge in [-0.1, -0.05) is 24.3 Å². The minimum absolute atomic E-state index is 0.0510. The van der Waals surface area contributed by atoms with Crippen molar-refractivity contribution in [1.29, 1.82) is 0 Å². The molecular formula is C14H13NO3. The van der Waals surface area contributed by atoms with E-state index in [-0.39, 0.29) is 17.2 Å². The van der Waals surface area contributed by atoms with Crippen molar-refractivity contribution >= 4 is 11.6 Å². The minimum atomic E-state index is -0.377. The molecule has 92 valence electrons. The lowest BCUT2D eigenvalue weighted by Gasteiger charge is -2.10. The van der Waals surface area contributed by atoms with Crippen LogP contribution >= 0.6 is 0 Å². The Balaban J connectivity index is 2.24. The van der Waals surface area contributed by atoms with E-state index in [4.69, 9.17) is 4.74 Å². The third kappa shape index (κ3) is 2.43. The van der Waals surface area contributed by atoms with Crippen LogP contribution in [-0.2, 0) is 0 Å². The molecule has 0 aliphatic carbocycles. The molecule has 0 aromatic heterocycles. The fraction of sp³-hybridized carbons (Fsp3) is 0.0714. The van der Waals surface area contributed by atoms with Crippen LogP contribution < -0.4 is 10.1 Å². The van der Waals surface area contributed by atoms with Gasteiger partial charge in [0.05, 0.1) is 18.4 Å². The molecule has 0 atom stereocenters. The lowest BCUT2D eigenvalue weighted by molar-refractivity contribution is 0.102. The minimum Gasteiger partial charge on any atom is -0.507 e. The van der Waals surface area contributed by atoms with Gasteiger partial charge < -0.3 is 15.2 Å². The van der Waals surface area contributed by atoms with Crippen molar-refractivity contribution in [3.05, 3.63) is 54.1 Å². The first kappa shape index (κ1) is 12.0. The van der Waals surface area contributed by atoms with E-state index >= 15 is 0 Å². The van der Waals surface area contributed by atoms with Gasteiger partial charge in [-0.25, -0.2) is 0 Å². The molecule has 2 aromatic carbocycles. The van der Waals surface area contributed by atoms with Crippen LogP contribution in [-0.4, -0.2) is 18.1 Å². The van der Waals surface area contributed by atoms with Crippen LogP contribution in [0.2, 0.25) is 0 Å². The maximum atomic E-state index is 12.0. The second kappa shape index (κ2) is 5.23. The van der Waals surface area contributed by atoms with Crippen LogP contribution in [0, 0.1) is 0 Å². The van der Waals surface area contributed by atoms with Gasteiger partial charge in [0.15, 0.2) is 0 Å². The highest BCUT2D eigenvalue weighted by molar-refractivity contribution is 6.06. The van der Waals surface area contributed by atoms with Crippen LogP contribution in [0.3, 0.4) is 0 Å². The lowest BCUT2D eigenvalue weighted by atomic mass is 10.2. The molecule has 4 nitrogen and oxygen atoms in total. The lowest BCUT2D eigenvalue weighted by Crippen LogP contribution is -2.12. The predicted octanol–water partition coefficient (Wildman–Crippen LogP) is 2.65. The van der Waals surface area contributed by atoms with Gasteiger partial charge in [-0.15, -0.1) is 0 Å². The van der Waals surface area contributed by atoms with Crippen LogP contribution in [0.15, 0.2) is 48.5 Å². The molecule has 18 heavy (non-hydrogen) atoms. The molecule has 2 rings (SSSR count). The number of nitrogens with one attached hydrogen (secondary N) is 1. The molecule has 0 aliphatic heterocycles. The van der Waals surface area contributed by atoms with Gasteiger partial charge in [-0.2, -0.15) is 0 Å². The molecule has 0 aliphatic rings. The van der Waals surface area contributed by atoms with Gasteiger partial charge >= 0.3 is 0 Å². The number of carbonyl (C=O) groups excluding carboxylic acids is 1. The smallest absolute Gasteiger partial charge is 0.259 e. The molecule has 0 fully saturated rings. The second-order valence-electron chi connectivity index (χ2n) is 3.67. The number of phenolic OH excluding ortho intramolecular Hbond substituents is 1. The predicted molar refractivity (Wildman–Crippen MR) is 69.1 cm³/mol. The first-order chi connectivity index (χ1) is 8.72. The van der Waals surface area contributed by atoms with Gasteiger partial charge in [0.25, 0.3) is 5.91 Å². The largest absolute Gasteiger partial charge is 0.507 e. The maximum absolute atomic E-state index is 12.0. The fourth-order valence-electron chi connectivity index (χ4n) is 1.60. The molecular weight excluding hydrogens is 230 g/mol. The van der Waals surface area contributed by atoms with E-state index in [0.29, 0.717) is 11.4 Å². The van der Waals surface area contributed by atoms with Crippen LogP contribution in [0.1, 0.15) is 10.4 Å². The van der Waals surface area contributed by atoms with Crippen LogP contribution in [0.25, 0.3) is 0 Å². The molecule has 0 unspecified atom stereocenters. The van der Waals surface area contributed by atoms with Crippen molar-refractivity contribution in [1.82, 2.24) is 0 Å². The Morgan fingerprint density at radius 3 is 2.50 bits per heavy atom. The number of amides is 1. The highest BCUT2D eigenvalue weighted by Crippen LogP contribution is 2.25. The Morgan fingerprint density at radius 2 is 1.78 bits per heavy atom. The molecule has 0 radical (unpaired) electrons. The molecule has 2 N–H and O–H groups in total. The Hall–Kier alpha value is -2.49. The van der Waals surface area contributed by atoms with Crippen molar-refractivity contribution in [2.75, 3.05) is 12.4 Å². The highest BCUT2D eigenvalue weighted by Gasteiger charge is 2.12. The average Bonchev–Trinajstić information content (AvgIpc) is 2.39. The molecule has 1 amide bonds. The number of hydrogen-bond acceptors (Lipinski definition) is 3. The third-order valence-electron chi connectivity index (χ3n) is 2.50. The monoisotopic (exact) mass is 243 g/mol. The van der Waals surface area contributed by atoms with E-state index < -0.39 is 0 Å². The number of benzene rings is 2. The average molecular weight is 243 g/mol. The standard InChI is InChI=1S/C14H13NO3/c1-18-13-9-5-3-7-11(13)15-14(17)10-6-2-4-8-12(10)16/h2-9,16H,1H3,(H,15,17). The molecule has 0 heterocycles. The number of methoxy groups -OCH3 is 1. The van der Waals surface area contributed by atoms with E-state index in [9.17, 15) is 9.90 Å². The zero-order valence-electron chi connectivity index (χ0n) is 9.88. The number of hydrogen-bond donors (Lipinski definition) is 2. The molecule has 0 saturated heterocycles. The quantitative estimate of drug-likeness (QED) is 0.871. The van der Waals surface area contributed by atoms with E-state index in [1.54, 1.807) is 36.4 Å². The summed E-state index contributed by atoms with van der Waals surface area (Å²) in [6.45, 7) is 0. The molecule has 0 bridgehead atoms. The zero-order chi connectivity index (χ0) is 13.0. The summed E-state index contributed by atoms with van der Waals surface area (Å²) in [4.78, 5) is 12.0. The number of ether oxygens (including phenoxy) is 1. The van der Waals surface area contributed by atoms with Crippen molar-refractivity contribution in [2.45, 2.75) is 0 Å². The first-order valence-electron chi connectivity index (χ1n) is 5.44. The second-order valence-corrected chi connectivity index (χ2v) is 3.67. The first-order valence-corrected chi connectivity index (χ1v) is 5.44. The van der Waals surface area contributed by atoms with Crippen molar-refractivity contribution in [2.24, 2.45) is 0 Å². The summed E-state index contributed by atoms with van der Waals surface area (Å²) in [6.07, 6.45) is 0. The number of rotatable bonds is 3. The Morgan fingerprint density at radius 1 is 1.11 bits per heavy atom. The number of para-hydroxylation sites is 3. The van der Waals surface area contributed by atoms with E-state index in [2.05, 4.69) is 5.32 Å². The Labute approximate surface area is 105 Å². The van der Waals surface area contributed by atoms with Crippen LogP contribution in [0.5, 0.6) is 11.5 Å². The summed E-state index contributed by atoms with van der Waals surface area (Å²) >= 11 is 0. The van der Waals surface area contributed by atoms with E-state index in [1.807, 2.05) is 6.07 Å².